The van der Waals surface area contributed by atoms with Gasteiger partial charge >= 0.3 is 11.9 Å². The van der Waals surface area contributed by atoms with E-state index >= 15 is 0 Å². The number of hydrogen-bond acceptors (Lipinski definition) is 7. The van der Waals surface area contributed by atoms with Crippen LogP contribution in [0.1, 0.15) is 120 Å². The Labute approximate surface area is 269 Å². The van der Waals surface area contributed by atoms with E-state index in [1.54, 1.807) is 0 Å². The quantitative estimate of drug-likeness (QED) is 0.189. The molecule has 0 unspecified atom stereocenters. The maximum absolute atomic E-state index is 13.0. The largest absolute Gasteiger partial charge is 0.481 e. The highest BCUT2D eigenvalue weighted by molar-refractivity contribution is 5.76. The van der Waals surface area contributed by atoms with E-state index in [-0.39, 0.29) is 45.7 Å². The van der Waals surface area contributed by atoms with Crippen LogP contribution in [-0.2, 0) is 23.8 Å². The van der Waals surface area contributed by atoms with Gasteiger partial charge in [0.25, 0.3) is 0 Å². The molecule has 0 aromatic rings. The summed E-state index contributed by atoms with van der Waals surface area (Å²) in [6.45, 7) is 18.0. The van der Waals surface area contributed by atoms with Gasteiger partial charge in [0.1, 0.15) is 12.2 Å². The molecule has 5 fully saturated rings. The van der Waals surface area contributed by atoms with Crippen LogP contribution in [-0.4, -0.2) is 64.6 Å². The average Bonchev–Trinajstić information content (AvgIpc) is 2.93. The van der Waals surface area contributed by atoms with Crippen LogP contribution in [0.25, 0.3) is 0 Å². The third-order valence-electron chi connectivity index (χ3n) is 15.0. The second kappa shape index (κ2) is 10.8. The fourth-order valence-corrected chi connectivity index (χ4v) is 12.2. The third kappa shape index (κ3) is 4.81. The monoisotopic (exact) mass is 630 g/mol. The second-order valence-electron chi connectivity index (χ2n) is 18.0. The van der Waals surface area contributed by atoms with Gasteiger partial charge in [-0.15, -0.1) is 0 Å². The molecule has 8 nitrogen and oxygen atoms in total. The molecule has 45 heavy (non-hydrogen) atoms. The highest BCUT2D eigenvalue weighted by atomic mass is 16.7. The first-order valence-corrected chi connectivity index (χ1v) is 17.6. The Bertz CT molecular complexity index is 1240. The smallest absolute Gasteiger partial charge is 0.310 e. The van der Waals surface area contributed by atoms with Gasteiger partial charge in [-0.1, -0.05) is 60.1 Å². The molecule has 254 valence electrons. The zero-order valence-corrected chi connectivity index (χ0v) is 28.9. The van der Waals surface area contributed by atoms with Crippen molar-refractivity contribution in [1.29, 1.82) is 0 Å². The molecule has 1 heterocycles. The van der Waals surface area contributed by atoms with Gasteiger partial charge < -0.3 is 29.5 Å². The van der Waals surface area contributed by atoms with Crippen molar-refractivity contribution in [2.45, 2.75) is 150 Å². The fourth-order valence-electron chi connectivity index (χ4n) is 12.2. The number of esters is 1. The van der Waals surface area contributed by atoms with Gasteiger partial charge in [0.05, 0.1) is 18.1 Å². The molecule has 1 saturated heterocycles. The molecule has 0 bridgehead atoms. The van der Waals surface area contributed by atoms with E-state index in [0.29, 0.717) is 11.8 Å². The summed E-state index contributed by atoms with van der Waals surface area (Å²) >= 11 is 0. The molecule has 0 aromatic carbocycles. The summed E-state index contributed by atoms with van der Waals surface area (Å²) in [5.41, 5.74) is 0.913. The lowest BCUT2D eigenvalue weighted by Gasteiger charge is -2.71. The van der Waals surface area contributed by atoms with Gasteiger partial charge in [-0.3, -0.25) is 9.59 Å². The van der Waals surface area contributed by atoms with Crippen molar-refractivity contribution < 1.29 is 39.1 Å². The first-order valence-electron chi connectivity index (χ1n) is 17.6. The summed E-state index contributed by atoms with van der Waals surface area (Å²) in [4.78, 5) is 24.6. The number of fused-ring (bicyclic) bond motifs is 7. The van der Waals surface area contributed by atoms with Crippen LogP contribution in [0.5, 0.6) is 0 Å². The minimum atomic E-state index is -1.27. The molecule has 4 saturated carbocycles. The Kier molecular flexibility index (Phi) is 7.99. The van der Waals surface area contributed by atoms with E-state index in [4.69, 9.17) is 14.2 Å². The van der Waals surface area contributed by atoms with E-state index in [0.717, 1.165) is 64.2 Å². The van der Waals surface area contributed by atoms with E-state index in [9.17, 15) is 24.9 Å². The predicted octanol–water partition coefficient (Wildman–Crippen LogP) is 6.27. The zero-order valence-electron chi connectivity index (χ0n) is 28.9. The molecule has 6 aliphatic rings. The molecule has 0 spiro atoms. The van der Waals surface area contributed by atoms with Crippen molar-refractivity contribution in [3.63, 3.8) is 0 Å². The summed E-state index contributed by atoms with van der Waals surface area (Å²) in [6, 6.07) is 0. The Balaban J connectivity index is 1.27. The molecule has 0 amide bonds. The zero-order chi connectivity index (χ0) is 33.0. The first-order chi connectivity index (χ1) is 20.8. The van der Waals surface area contributed by atoms with Gasteiger partial charge in [0.2, 0.25) is 0 Å². The summed E-state index contributed by atoms with van der Waals surface area (Å²) in [5.74, 6) is -0.166. The van der Waals surface area contributed by atoms with Gasteiger partial charge in [-0.2, -0.15) is 0 Å². The lowest BCUT2D eigenvalue weighted by molar-refractivity contribution is -0.309. The molecular weight excluding hydrogens is 572 g/mol. The van der Waals surface area contributed by atoms with Gasteiger partial charge in [-0.05, 0) is 109 Å². The number of aliphatic hydroxyl groups excluding tert-OH is 2. The summed E-state index contributed by atoms with van der Waals surface area (Å²) in [6.07, 6.45) is 7.35. The van der Waals surface area contributed by atoms with Crippen molar-refractivity contribution in [3.05, 3.63) is 11.6 Å². The molecule has 5 aliphatic carbocycles. The van der Waals surface area contributed by atoms with Gasteiger partial charge in [-0.25, -0.2) is 0 Å². The fraction of sp³-hybridized carbons (Fsp3) is 0.892. The number of carboxylic acid groups (broad SMARTS) is 1. The number of allylic oxidation sites excluding steroid dienone is 2. The lowest BCUT2D eigenvalue weighted by atomic mass is 9.33. The Hall–Kier alpha value is -1.48. The van der Waals surface area contributed by atoms with Gasteiger partial charge in [0.15, 0.2) is 12.4 Å². The third-order valence-corrected chi connectivity index (χ3v) is 15.0. The Morgan fingerprint density at radius 2 is 1.60 bits per heavy atom. The Morgan fingerprint density at radius 3 is 2.27 bits per heavy atom. The summed E-state index contributed by atoms with van der Waals surface area (Å²) in [7, 11) is 0. The number of carbonyl (C=O) groups excluding carboxylic acids is 1. The first kappa shape index (κ1) is 33.4. The second-order valence-corrected chi connectivity index (χ2v) is 18.0. The number of ether oxygens (including phenoxy) is 3. The highest BCUT2D eigenvalue weighted by Crippen LogP contribution is 2.76. The standard InChI is InChI=1S/C37H58O8/c1-21(38)44-29-24(39)20-43-30(28(29)40)45-27-12-13-34(6)25(33(27,4)5)11-14-36(8)26(34)10-9-22-23-19-32(2,3)15-17-37(23,31(41)42)18-16-35(22,36)7/h9,23-30,39-40H,10-20H2,1-8H3,(H,41,42)/t23-,24-,25-,26+,27-,28+,29-,30-,34-,35+,36+,37-/m0/s1. The summed E-state index contributed by atoms with van der Waals surface area (Å²) in [5, 5.41) is 32.0. The SMILES string of the molecule is CC(=O)O[C@@H]1[C@@H](O)[C@H](O[C@H]2CC[C@]3(C)[C@H]4CC=C5[C@@H]6CC(C)(C)CC[C@]6(C(=O)O)CC[C@@]5(C)[C@]4(C)CC[C@H]3C2(C)C)OC[C@@H]1O. The molecule has 3 N–H and O–H groups in total. The van der Waals surface area contributed by atoms with E-state index in [2.05, 4.69) is 54.5 Å². The normalized spacial score (nSPS) is 50.1. The molecule has 1 aliphatic heterocycles. The molecule has 0 radical (unpaired) electrons. The molecule has 12 atom stereocenters. The van der Waals surface area contributed by atoms with Crippen molar-refractivity contribution in [1.82, 2.24) is 0 Å². The average molecular weight is 631 g/mol. The van der Waals surface area contributed by atoms with Crippen LogP contribution >= 0.6 is 0 Å². The van der Waals surface area contributed by atoms with Crippen LogP contribution in [0.2, 0.25) is 0 Å². The molecule has 8 heteroatoms. The van der Waals surface area contributed by atoms with Crippen LogP contribution in [0.3, 0.4) is 0 Å². The number of aliphatic hydroxyl groups is 2. The number of rotatable bonds is 4. The number of aliphatic carboxylic acids is 1. The number of carboxylic acids is 1. The van der Waals surface area contributed by atoms with Gasteiger partial charge in [0, 0.05) is 6.92 Å². The van der Waals surface area contributed by atoms with E-state index in [1.807, 2.05) is 0 Å². The maximum Gasteiger partial charge on any atom is 0.310 e. The summed E-state index contributed by atoms with van der Waals surface area (Å²) < 4.78 is 17.6. The molecule has 6 rings (SSSR count). The van der Waals surface area contributed by atoms with Crippen molar-refractivity contribution in [2.75, 3.05) is 6.61 Å². The molecular formula is C37H58O8. The van der Waals surface area contributed by atoms with Crippen LogP contribution < -0.4 is 0 Å². The lowest BCUT2D eigenvalue weighted by Crippen LogP contribution is -2.65. The molecule has 0 aromatic heterocycles. The highest BCUT2D eigenvalue weighted by Gasteiger charge is 2.69. The van der Waals surface area contributed by atoms with Crippen molar-refractivity contribution in [3.8, 4) is 0 Å². The van der Waals surface area contributed by atoms with Crippen LogP contribution in [0.15, 0.2) is 11.6 Å². The van der Waals surface area contributed by atoms with E-state index in [1.165, 1.54) is 12.5 Å². The number of hydrogen-bond donors (Lipinski definition) is 3. The number of carbonyl (C=O) groups is 2. The predicted molar refractivity (Wildman–Crippen MR) is 169 cm³/mol. The topological polar surface area (TPSA) is 123 Å². The van der Waals surface area contributed by atoms with Crippen LogP contribution in [0.4, 0.5) is 0 Å². The minimum absolute atomic E-state index is 0.0228. The van der Waals surface area contributed by atoms with E-state index < -0.39 is 42.0 Å². The van der Waals surface area contributed by atoms with Crippen molar-refractivity contribution in [2.24, 2.45) is 50.2 Å². The minimum Gasteiger partial charge on any atom is -0.481 e. The van der Waals surface area contributed by atoms with Crippen molar-refractivity contribution >= 4 is 11.9 Å². The Morgan fingerprint density at radius 1 is 0.911 bits per heavy atom. The maximum atomic E-state index is 13.0. The van der Waals surface area contributed by atoms with Crippen LogP contribution in [0, 0.1) is 50.2 Å².